The summed E-state index contributed by atoms with van der Waals surface area (Å²) in [6.07, 6.45) is 0. The zero-order valence-electron chi connectivity index (χ0n) is 26.8. The van der Waals surface area contributed by atoms with Crippen LogP contribution in [0.5, 0.6) is 17.2 Å². The number of hydrogen-bond acceptors (Lipinski definition) is 8. The van der Waals surface area contributed by atoms with Crippen LogP contribution in [-0.4, -0.2) is 34.4 Å². The molecule has 252 valence electrons. The lowest BCUT2D eigenvalue weighted by molar-refractivity contribution is -0.113. The Hall–Kier alpha value is -3.97. The van der Waals surface area contributed by atoms with Crippen LogP contribution in [0, 0.1) is 0 Å². The molecule has 0 saturated carbocycles. The second kappa shape index (κ2) is 15.7. The van der Waals surface area contributed by atoms with Gasteiger partial charge in [0.1, 0.15) is 18.4 Å². The van der Waals surface area contributed by atoms with Crippen LogP contribution in [0.2, 0.25) is 5.02 Å². The second-order valence-electron chi connectivity index (χ2n) is 10.9. The van der Waals surface area contributed by atoms with Crippen molar-refractivity contribution in [3.8, 4) is 17.2 Å². The van der Waals surface area contributed by atoms with Crippen molar-refractivity contribution in [1.82, 2.24) is 14.8 Å². The molecule has 1 aliphatic rings. The summed E-state index contributed by atoms with van der Waals surface area (Å²) in [6.45, 7) is 4.54. The van der Waals surface area contributed by atoms with E-state index in [1.165, 1.54) is 11.8 Å². The molecule has 5 aromatic rings. The molecule has 0 fully saturated rings. The van der Waals surface area contributed by atoms with E-state index in [-0.39, 0.29) is 5.91 Å². The molecule has 2 N–H and O–H groups in total. The molecule has 2 heterocycles. The number of amides is 1. The van der Waals surface area contributed by atoms with Crippen LogP contribution in [0.1, 0.15) is 36.6 Å². The van der Waals surface area contributed by atoms with Gasteiger partial charge in [-0.3, -0.25) is 4.79 Å². The summed E-state index contributed by atoms with van der Waals surface area (Å²) in [5.41, 5.74) is 4.33. The number of thioether (sulfide) groups is 1. The summed E-state index contributed by atoms with van der Waals surface area (Å²) in [5.74, 6) is 2.36. The number of nitrogens with one attached hydrogen (secondary N) is 2. The number of allylic oxidation sites excluding steroid dienone is 1. The van der Waals surface area contributed by atoms with E-state index in [1.54, 1.807) is 11.8 Å². The summed E-state index contributed by atoms with van der Waals surface area (Å²) < 4.78 is 21.2. The molecule has 1 amide bonds. The highest BCUT2D eigenvalue weighted by molar-refractivity contribution is 9.10. The number of para-hydroxylation sites is 2. The molecular weight excluding hydrogens is 794 g/mol. The molecule has 49 heavy (non-hydrogen) atoms. The molecule has 0 spiro atoms. The van der Waals surface area contributed by atoms with Gasteiger partial charge in [0.15, 0.2) is 11.5 Å². The molecular formula is C36H32Br2ClN5O4S. The van der Waals surface area contributed by atoms with Gasteiger partial charge in [0, 0.05) is 20.9 Å². The maximum Gasteiger partial charge on any atom is 0.255 e. The number of anilines is 2. The summed E-state index contributed by atoms with van der Waals surface area (Å²) in [4.78, 5) is 19.1. The predicted octanol–water partition coefficient (Wildman–Crippen LogP) is 9.66. The third-order valence-corrected chi connectivity index (χ3v) is 10.0. The largest absolute Gasteiger partial charge is 0.493 e. The van der Waals surface area contributed by atoms with E-state index in [9.17, 15) is 4.79 Å². The Bertz CT molecular complexity index is 2040. The van der Waals surface area contributed by atoms with Crippen molar-refractivity contribution in [2.75, 3.05) is 24.4 Å². The first-order valence-corrected chi connectivity index (χ1v) is 18.3. The van der Waals surface area contributed by atoms with Gasteiger partial charge in [0.25, 0.3) is 5.91 Å². The first-order valence-electron chi connectivity index (χ1n) is 15.3. The smallest absolute Gasteiger partial charge is 0.255 e. The van der Waals surface area contributed by atoms with E-state index in [0.717, 1.165) is 21.2 Å². The number of carbonyl (C=O) groups excluding carboxylic acids is 1. The van der Waals surface area contributed by atoms with Crippen LogP contribution in [0.15, 0.2) is 110 Å². The summed E-state index contributed by atoms with van der Waals surface area (Å²) in [7, 11) is 1.59. The molecule has 1 atom stereocenters. The van der Waals surface area contributed by atoms with Gasteiger partial charge in [-0.25, -0.2) is 4.68 Å². The van der Waals surface area contributed by atoms with E-state index in [1.807, 2.05) is 98.8 Å². The zero-order valence-corrected chi connectivity index (χ0v) is 31.5. The molecule has 1 unspecified atom stereocenters. The monoisotopic (exact) mass is 823 g/mol. The summed E-state index contributed by atoms with van der Waals surface area (Å²) in [5, 5.41) is 12.5. The van der Waals surface area contributed by atoms with Crippen molar-refractivity contribution in [3.63, 3.8) is 0 Å². The van der Waals surface area contributed by atoms with Gasteiger partial charge >= 0.3 is 0 Å². The molecule has 1 aromatic heterocycles. The molecule has 0 aliphatic carbocycles. The number of nitrogens with zero attached hydrogens (tertiary/aromatic N) is 3. The van der Waals surface area contributed by atoms with Crippen molar-refractivity contribution >= 4 is 72.8 Å². The van der Waals surface area contributed by atoms with E-state index in [0.29, 0.717) is 73.8 Å². The van der Waals surface area contributed by atoms with Crippen molar-refractivity contribution in [2.45, 2.75) is 37.4 Å². The molecule has 6 rings (SSSR count). The predicted molar refractivity (Wildman–Crippen MR) is 201 cm³/mol. The van der Waals surface area contributed by atoms with Crippen LogP contribution >= 0.6 is 55.2 Å². The van der Waals surface area contributed by atoms with Crippen molar-refractivity contribution < 1.29 is 19.0 Å². The summed E-state index contributed by atoms with van der Waals surface area (Å²) in [6, 6.07) is 26.1. The van der Waals surface area contributed by atoms with E-state index in [2.05, 4.69) is 42.5 Å². The molecule has 9 nitrogen and oxygen atoms in total. The number of aromatic nitrogens is 3. The Balaban J connectivity index is 1.38. The van der Waals surface area contributed by atoms with E-state index < -0.39 is 6.04 Å². The topological polar surface area (TPSA) is 99.5 Å². The normalized spacial score (nSPS) is 13.8. The number of carbonyl (C=O) groups is 1. The maximum atomic E-state index is 14.3. The van der Waals surface area contributed by atoms with Crippen molar-refractivity contribution in [2.24, 2.45) is 0 Å². The third kappa shape index (κ3) is 7.93. The standard InChI is InChI=1S/C36H32Br2ClN5O4S/c1-4-47-29-15-8-7-14-28(29)41-34(45)31-21(2)40-35-42-36(49-20-23-11-5-6-13-27(23)39)43-44(35)32(31)24-17-26(38)33(30(18-24)46-3)48-19-22-10-9-12-25(37)16-22/h5-18,32H,4,19-20H2,1-3H3,(H,41,45)(H,40,42,43). The molecule has 1 aliphatic heterocycles. The lowest BCUT2D eigenvalue weighted by Gasteiger charge is -2.29. The van der Waals surface area contributed by atoms with Gasteiger partial charge in [-0.1, -0.05) is 81.8 Å². The maximum absolute atomic E-state index is 14.3. The first kappa shape index (κ1) is 34.9. The lowest BCUT2D eigenvalue weighted by atomic mass is 9.94. The minimum absolute atomic E-state index is 0.321. The van der Waals surface area contributed by atoms with Gasteiger partial charge in [0.2, 0.25) is 11.1 Å². The van der Waals surface area contributed by atoms with Crippen LogP contribution in [-0.2, 0) is 17.2 Å². The minimum atomic E-state index is -0.679. The van der Waals surface area contributed by atoms with Crippen molar-refractivity contribution in [1.29, 1.82) is 0 Å². The van der Waals surface area contributed by atoms with Gasteiger partial charge in [0.05, 0.1) is 29.4 Å². The van der Waals surface area contributed by atoms with Crippen LogP contribution in [0.25, 0.3) is 0 Å². The average molecular weight is 826 g/mol. The first-order chi connectivity index (χ1) is 23.7. The fourth-order valence-electron chi connectivity index (χ4n) is 5.41. The highest BCUT2D eigenvalue weighted by Crippen LogP contribution is 2.44. The van der Waals surface area contributed by atoms with Gasteiger partial charge in [-0.15, -0.1) is 5.10 Å². The Morgan fingerprint density at radius 3 is 2.59 bits per heavy atom. The Morgan fingerprint density at radius 1 is 1.02 bits per heavy atom. The number of benzene rings is 4. The Morgan fingerprint density at radius 2 is 1.82 bits per heavy atom. The fraction of sp³-hybridized carbons (Fsp3) is 0.194. The number of hydrogen-bond donors (Lipinski definition) is 2. The third-order valence-electron chi connectivity index (χ3n) is 7.67. The van der Waals surface area contributed by atoms with E-state index >= 15 is 0 Å². The fourth-order valence-corrected chi connectivity index (χ4v) is 7.55. The van der Waals surface area contributed by atoms with Gasteiger partial charge < -0.3 is 24.8 Å². The molecule has 0 bridgehead atoms. The number of ether oxygens (including phenoxy) is 3. The molecule has 0 radical (unpaired) electrons. The van der Waals surface area contributed by atoms with Gasteiger partial charge in [-0.2, -0.15) is 4.98 Å². The Kier molecular flexibility index (Phi) is 11.2. The number of halogens is 3. The van der Waals surface area contributed by atoms with Crippen LogP contribution in [0.3, 0.4) is 0 Å². The average Bonchev–Trinajstić information content (AvgIpc) is 3.49. The molecule has 4 aromatic carbocycles. The quantitative estimate of drug-likeness (QED) is 0.120. The SMILES string of the molecule is CCOc1ccccc1NC(=O)C1=C(C)Nc2nc(SCc3ccccc3Cl)nn2C1c1cc(Br)c(OCc2cccc(Br)c2)c(OC)c1. The van der Waals surface area contributed by atoms with Crippen LogP contribution < -0.4 is 24.8 Å². The molecule has 13 heteroatoms. The number of fused-ring (bicyclic) bond motifs is 1. The molecule has 0 saturated heterocycles. The Labute approximate surface area is 310 Å². The lowest BCUT2D eigenvalue weighted by Crippen LogP contribution is -2.31. The van der Waals surface area contributed by atoms with Crippen LogP contribution in [0.4, 0.5) is 11.6 Å². The number of rotatable bonds is 12. The van der Waals surface area contributed by atoms with Crippen molar-refractivity contribution in [3.05, 3.63) is 127 Å². The van der Waals surface area contributed by atoms with E-state index in [4.69, 9.17) is 35.9 Å². The minimum Gasteiger partial charge on any atom is -0.493 e. The number of methoxy groups -OCH3 is 1. The highest BCUT2D eigenvalue weighted by atomic mass is 79.9. The highest BCUT2D eigenvalue weighted by Gasteiger charge is 2.36. The van der Waals surface area contributed by atoms with Gasteiger partial charge in [-0.05, 0) is 88.9 Å². The second-order valence-corrected chi connectivity index (χ2v) is 14.1. The summed E-state index contributed by atoms with van der Waals surface area (Å²) >= 11 is 15.1. The zero-order chi connectivity index (χ0) is 34.5.